The second-order valence-electron chi connectivity index (χ2n) is 4.20. The molecule has 0 aliphatic carbocycles. The number of likely N-dealkylation sites (tertiary alicyclic amines) is 1. The summed E-state index contributed by atoms with van der Waals surface area (Å²) in [5, 5.41) is 8.86. The molecule has 4 nitrogen and oxygen atoms in total. The molecule has 0 spiro atoms. The lowest BCUT2D eigenvalue weighted by Gasteiger charge is -2.15. The van der Waals surface area contributed by atoms with Crippen molar-refractivity contribution in [2.24, 2.45) is 5.92 Å². The van der Waals surface area contributed by atoms with E-state index in [4.69, 9.17) is 5.11 Å². The second-order valence-corrected chi connectivity index (χ2v) is 5.06. The molecular weight excluding hydrogens is 305 g/mol. The summed E-state index contributed by atoms with van der Waals surface area (Å²) in [6.45, 7) is 0.583. The van der Waals surface area contributed by atoms with E-state index in [1.165, 1.54) is 17.0 Å². The number of carbonyl (C=O) groups excluding carboxylic acids is 1. The number of carboxylic acids is 1. The summed E-state index contributed by atoms with van der Waals surface area (Å²) in [5.41, 5.74) is 0.238. The van der Waals surface area contributed by atoms with E-state index >= 15 is 0 Å². The van der Waals surface area contributed by atoms with Crippen LogP contribution in [0.25, 0.3) is 0 Å². The molecule has 0 bridgehead atoms. The molecular formula is C12H11BrFNO3. The van der Waals surface area contributed by atoms with Gasteiger partial charge in [-0.1, -0.05) is 0 Å². The van der Waals surface area contributed by atoms with Gasteiger partial charge in [-0.25, -0.2) is 4.39 Å². The summed E-state index contributed by atoms with van der Waals surface area (Å²) >= 11 is 3.01. The standard InChI is InChI=1S/C12H11BrFNO3/c13-9-2-1-7(5-10(9)14)11(16)15-4-3-8(6-15)12(17)18/h1-2,5,8H,3-4,6H2,(H,17,18). The van der Waals surface area contributed by atoms with Crippen molar-refractivity contribution < 1.29 is 19.1 Å². The van der Waals surface area contributed by atoms with Gasteiger partial charge in [-0.2, -0.15) is 0 Å². The molecule has 1 unspecified atom stereocenters. The van der Waals surface area contributed by atoms with Gasteiger partial charge in [-0.3, -0.25) is 9.59 Å². The van der Waals surface area contributed by atoms with Crippen LogP contribution in [0.1, 0.15) is 16.8 Å². The average molecular weight is 316 g/mol. The molecule has 96 valence electrons. The molecule has 0 radical (unpaired) electrons. The zero-order valence-corrected chi connectivity index (χ0v) is 11.0. The molecule has 1 aromatic rings. The molecule has 2 rings (SSSR count). The van der Waals surface area contributed by atoms with Crippen LogP contribution in [-0.4, -0.2) is 35.0 Å². The fourth-order valence-electron chi connectivity index (χ4n) is 1.96. The van der Waals surface area contributed by atoms with Crippen molar-refractivity contribution in [1.29, 1.82) is 0 Å². The first-order chi connectivity index (χ1) is 8.49. The van der Waals surface area contributed by atoms with Crippen molar-refractivity contribution in [1.82, 2.24) is 4.90 Å². The highest BCUT2D eigenvalue weighted by Gasteiger charge is 2.31. The lowest BCUT2D eigenvalue weighted by molar-refractivity contribution is -0.141. The molecule has 1 fully saturated rings. The molecule has 1 aromatic carbocycles. The lowest BCUT2D eigenvalue weighted by Crippen LogP contribution is -2.30. The van der Waals surface area contributed by atoms with Crippen molar-refractivity contribution in [3.05, 3.63) is 34.1 Å². The first kappa shape index (κ1) is 13.0. The maximum Gasteiger partial charge on any atom is 0.308 e. The highest BCUT2D eigenvalue weighted by Crippen LogP contribution is 2.21. The Morgan fingerprint density at radius 3 is 2.72 bits per heavy atom. The maximum absolute atomic E-state index is 13.3. The summed E-state index contributed by atoms with van der Waals surface area (Å²) in [6, 6.07) is 4.14. The van der Waals surface area contributed by atoms with E-state index in [1.54, 1.807) is 0 Å². The largest absolute Gasteiger partial charge is 0.481 e. The van der Waals surface area contributed by atoms with Gasteiger partial charge >= 0.3 is 5.97 Å². The van der Waals surface area contributed by atoms with Crippen LogP contribution in [0.5, 0.6) is 0 Å². The van der Waals surface area contributed by atoms with Gasteiger partial charge in [0, 0.05) is 18.7 Å². The first-order valence-electron chi connectivity index (χ1n) is 5.46. The minimum atomic E-state index is -0.896. The predicted octanol–water partition coefficient (Wildman–Crippen LogP) is 2.13. The van der Waals surface area contributed by atoms with Gasteiger partial charge in [-0.15, -0.1) is 0 Å². The number of benzene rings is 1. The van der Waals surface area contributed by atoms with Gasteiger partial charge in [0.15, 0.2) is 0 Å². The fourth-order valence-corrected chi connectivity index (χ4v) is 2.20. The number of aliphatic carboxylic acids is 1. The summed E-state index contributed by atoms with van der Waals surface area (Å²) in [4.78, 5) is 24.3. The van der Waals surface area contributed by atoms with Gasteiger partial charge in [-0.05, 0) is 40.5 Å². The van der Waals surface area contributed by atoms with Crippen LogP contribution in [0, 0.1) is 11.7 Å². The molecule has 1 aliphatic rings. The molecule has 1 N–H and O–H groups in total. The third kappa shape index (κ3) is 2.53. The van der Waals surface area contributed by atoms with Gasteiger partial charge in [0.1, 0.15) is 5.82 Å². The quantitative estimate of drug-likeness (QED) is 0.909. The number of nitrogens with zero attached hydrogens (tertiary/aromatic N) is 1. The van der Waals surface area contributed by atoms with Crippen LogP contribution in [0.2, 0.25) is 0 Å². The smallest absolute Gasteiger partial charge is 0.308 e. The van der Waals surface area contributed by atoms with E-state index in [1.807, 2.05) is 0 Å². The minimum Gasteiger partial charge on any atom is -0.481 e. The first-order valence-corrected chi connectivity index (χ1v) is 6.25. The Morgan fingerprint density at radius 1 is 1.44 bits per heavy atom. The van der Waals surface area contributed by atoms with Crippen LogP contribution < -0.4 is 0 Å². The molecule has 1 amide bonds. The maximum atomic E-state index is 13.3. The highest BCUT2D eigenvalue weighted by molar-refractivity contribution is 9.10. The van der Waals surface area contributed by atoms with Crippen molar-refractivity contribution in [3.63, 3.8) is 0 Å². The van der Waals surface area contributed by atoms with E-state index in [2.05, 4.69) is 15.9 Å². The summed E-state index contributed by atoms with van der Waals surface area (Å²) in [6.07, 6.45) is 0.445. The van der Waals surface area contributed by atoms with Gasteiger partial charge in [0.05, 0.1) is 10.4 Å². The highest BCUT2D eigenvalue weighted by atomic mass is 79.9. The molecule has 1 atom stereocenters. The van der Waals surface area contributed by atoms with Crippen molar-refractivity contribution in [3.8, 4) is 0 Å². The number of halogens is 2. The molecule has 0 aromatic heterocycles. The van der Waals surface area contributed by atoms with E-state index in [9.17, 15) is 14.0 Å². The Balaban J connectivity index is 2.12. The van der Waals surface area contributed by atoms with E-state index < -0.39 is 17.7 Å². The van der Waals surface area contributed by atoms with Gasteiger partial charge < -0.3 is 10.0 Å². The molecule has 1 heterocycles. The number of rotatable bonds is 2. The Hall–Kier alpha value is -1.43. The Labute approximate surface area is 112 Å². The number of amides is 1. The monoisotopic (exact) mass is 315 g/mol. The summed E-state index contributed by atoms with van der Waals surface area (Å²) in [5.74, 6) is -2.25. The fraction of sp³-hybridized carbons (Fsp3) is 0.333. The lowest BCUT2D eigenvalue weighted by atomic mass is 10.1. The predicted molar refractivity (Wildman–Crippen MR) is 65.7 cm³/mol. The number of carbonyl (C=O) groups is 2. The van der Waals surface area contributed by atoms with Crippen molar-refractivity contribution >= 4 is 27.8 Å². The van der Waals surface area contributed by atoms with E-state index in [-0.39, 0.29) is 18.0 Å². The van der Waals surface area contributed by atoms with Crippen LogP contribution >= 0.6 is 15.9 Å². The Morgan fingerprint density at radius 2 is 2.17 bits per heavy atom. The summed E-state index contributed by atoms with van der Waals surface area (Å²) < 4.78 is 13.6. The molecule has 18 heavy (non-hydrogen) atoms. The van der Waals surface area contributed by atoms with Crippen LogP contribution in [0.3, 0.4) is 0 Å². The average Bonchev–Trinajstić information content (AvgIpc) is 2.81. The van der Waals surface area contributed by atoms with Crippen LogP contribution in [0.4, 0.5) is 4.39 Å². The van der Waals surface area contributed by atoms with E-state index in [0.717, 1.165) is 6.07 Å². The van der Waals surface area contributed by atoms with Crippen LogP contribution in [0.15, 0.2) is 22.7 Å². The SMILES string of the molecule is O=C(O)C1CCN(C(=O)c2ccc(Br)c(F)c2)C1. The molecule has 1 saturated heterocycles. The minimum absolute atomic E-state index is 0.186. The topological polar surface area (TPSA) is 57.6 Å². The normalized spacial score (nSPS) is 19.0. The zero-order valence-electron chi connectivity index (χ0n) is 9.40. The number of hydrogen-bond acceptors (Lipinski definition) is 2. The van der Waals surface area contributed by atoms with Gasteiger partial charge in [0.2, 0.25) is 0 Å². The third-order valence-corrected chi connectivity index (χ3v) is 3.63. The van der Waals surface area contributed by atoms with Crippen molar-refractivity contribution in [2.75, 3.05) is 13.1 Å². The van der Waals surface area contributed by atoms with Gasteiger partial charge in [0.25, 0.3) is 5.91 Å². The van der Waals surface area contributed by atoms with E-state index in [0.29, 0.717) is 17.4 Å². The molecule has 0 saturated carbocycles. The number of carboxylic acid groups (broad SMARTS) is 1. The van der Waals surface area contributed by atoms with Crippen molar-refractivity contribution in [2.45, 2.75) is 6.42 Å². The third-order valence-electron chi connectivity index (χ3n) is 2.99. The van der Waals surface area contributed by atoms with Crippen LogP contribution in [-0.2, 0) is 4.79 Å². The Kier molecular flexibility index (Phi) is 3.65. The second kappa shape index (κ2) is 5.06. The number of hydrogen-bond donors (Lipinski definition) is 1. The molecule has 6 heteroatoms. The summed E-state index contributed by atoms with van der Waals surface area (Å²) in [7, 11) is 0. The molecule has 1 aliphatic heterocycles. The zero-order chi connectivity index (χ0) is 13.3. The Bertz CT molecular complexity index is 506.